The Bertz CT molecular complexity index is 570. The number of para-hydroxylation sites is 1. The number of benzene rings is 1. The number of rotatable bonds is 1. The second-order valence-electron chi connectivity index (χ2n) is 4.75. The molecule has 1 unspecified atom stereocenters. The predicted molar refractivity (Wildman–Crippen MR) is 71.3 cm³/mol. The molecule has 0 fully saturated rings. The Morgan fingerprint density at radius 3 is 3.22 bits per heavy atom. The molecule has 1 aromatic carbocycles. The standard InChI is InChI=1S/C14H14N2OS/c1-2-4-12-9(3-1)10(8-17-12)14-16-11-5-6-15-7-13(11)18-14/h1-4,10,15H,5-8H2. The molecular weight excluding hydrogens is 244 g/mol. The number of nitrogens with one attached hydrogen (secondary N) is 1. The maximum absolute atomic E-state index is 5.75. The molecule has 2 aliphatic heterocycles. The second-order valence-corrected chi connectivity index (χ2v) is 5.87. The largest absolute Gasteiger partial charge is 0.492 e. The van der Waals surface area contributed by atoms with Crippen LogP contribution in [0, 0.1) is 0 Å². The quantitative estimate of drug-likeness (QED) is 0.852. The van der Waals surface area contributed by atoms with Crippen LogP contribution in [-0.4, -0.2) is 18.1 Å². The molecule has 0 spiro atoms. The molecule has 18 heavy (non-hydrogen) atoms. The molecule has 92 valence electrons. The van der Waals surface area contributed by atoms with Gasteiger partial charge in [-0.05, 0) is 6.07 Å². The van der Waals surface area contributed by atoms with E-state index in [2.05, 4.69) is 17.4 Å². The highest BCUT2D eigenvalue weighted by Gasteiger charge is 2.29. The Morgan fingerprint density at radius 1 is 1.33 bits per heavy atom. The molecule has 4 rings (SSSR count). The van der Waals surface area contributed by atoms with E-state index in [-0.39, 0.29) is 0 Å². The lowest BCUT2D eigenvalue weighted by atomic mass is 10.0. The molecule has 0 saturated carbocycles. The fraction of sp³-hybridized carbons (Fsp3) is 0.357. The minimum Gasteiger partial charge on any atom is -0.492 e. The molecule has 4 heteroatoms. The van der Waals surface area contributed by atoms with E-state index in [1.807, 2.05) is 23.5 Å². The lowest BCUT2D eigenvalue weighted by molar-refractivity contribution is 0.343. The normalized spacial score (nSPS) is 21.2. The third kappa shape index (κ3) is 1.56. The van der Waals surface area contributed by atoms with Crippen LogP contribution in [0.3, 0.4) is 0 Å². The maximum Gasteiger partial charge on any atom is 0.123 e. The third-order valence-electron chi connectivity index (χ3n) is 3.62. The molecular formula is C14H14N2OS. The molecule has 0 radical (unpaired) electrons. The van der Waals surface area contributed by atoms with Gasteiger partial charge in [-0.2, -0.15) is 0 Å². The molecule has 1 aromatic heterocycles. The van der Waals surface area contributed by atoms with Gasteiger partial charge in [-0.25, -0.2) is 4.98 Å². The first kappa shape index (κ1) is 10.5. The summed E-state index contributed by atoms with van der Waals surface area (Å²) in [6, 6.07) is 8.31. The summed E-state index contributed by atoms with van der Waals surface area (Å²) < 4.78 is 5.75. The zero-order valence-corrected chi connectivity index (χ0v) is 10.8. The van der Waals surface area contributed by atoms with Crippen LogP contribution in [0.4, 0.5) is 0 Å². The number of nitrogens with zero attached hydrogens (tertiary/aromatic N) is 1. The molecule has 2 aliphatic rings. The van der Waals surface area contributed by atoms with Crippen molar-refractivity contribution in [2.24, 2.45) is 0 Å². The van der Waals surface area contributed by atoms with E-state index in [1.54, 1.807) is 0 Å². The van der Waals surface area contributed by atoms with Gasteiger partial charge in [0.05, 0.1) is 11.6 Å². The minimum absolute atomic E-state index is 0.330. The van der Waals surface area contributed by atoms with Gasteiger partial charge in [-0.3, -0.25) is 0 Å². The van der Waals surface area contributed by atoms with E-state index in [9.17, 15) is 0 Å². The van der Waals surface area contributed by atoms with E-state index in [1.165, 1.54) is 21.1 Å². The monoisotopic (exact) mass is 258 g/mol. The van der Waals surface area contributed by atoms with Gasteiger partial charge in [0.25, 0.3) is 0 Å². The zero-order chi connectivity index (χ0) is 11.9. The first-order valence-electron chi connectivity index (χ1n) is 6.33. The van der Waals surface area contributed by atoms with Crippen LogP contribution in [0.1, 0.15) is 27.1 Å². The summed E-state index contributed by atoms with van der Waals surface area (Å²) in [5, 5.41) is 4.62. The Labute approximate surface area is 110 Å². The topological polar surface area (TPSA) is 34.1 Å². The van der Waals surface area contributed by atoms with Gasteiger partial charge in [0.1, 0.15) is 17.4 Å². The molecule has 0 bridgehead atoms. The van der Waals surface area contributed by atoms with Crippen molar-refractivity contribution in [3.05, 3.63) is 45.4 Å². The molecule has 3 heterocycles. The second kappa shape index (κ2) is 4.07. The minimum atomic E-state index is 0.330. The van der Waals surface area contributed by atoms with Crippen molar-refractivity contribution < 1.29 is 4.74 Å². The van der Waals surface area contributed by atoms with Crippen LogP contribution in [0.2, 0.25) is 0 Å². The summed E-state index contributed by atoms with van der Waals surface area (Å²) in [6.07, 6.45) is 1.06. The average Bonchev–Trinajstić information content (AvgIpc) is 3.02. The van der Waals surface area contributed by atoms with Crippen molar-refractivity contribution in [2.45, 2.75) is 18.9 Å². The van der Waals surface area contributed by atoms with Crippen molar-refractivity contribution in [3.63, 3.8) is 0 Å². The first-order valence-corrected chi connectivity index (χ1v) is 7.14. The van der Waals surface area contributed by atoms with Crippen LogP contribution < -0.4 is 10.1 Å². The van der Waals surface area contributed by atoms with E-state index >= 15 is 0 Å². The number of fused-ring (bicyclic) bond motifs is 2. The fourth-order valence-corrected chi connectivity index (χ4v) is 3.85. The summed E-state index contributed by atoms with van der Waals surface area (Å²) in [7, 11) is 0. The van der Waals surface area contributed by atoms with Crippen LogP contribution in [0.25, 0.3) is 0 Å². The highest BCUT2D eigenvalue weighted by atomic mass is 32.1. The highest BCUT2D eigenvalue weighted by molar-refractivity contribution is 7.11. The number of hydrogen-bond donors (Lipinski definition) is 1. The SMILES string of the molecule is c1ccc2c(c1)OCC2c1nc2c(s1)CNCC2. The van der Waals surface area contributed by atoms with Crippen molar-refractivity contribution in [3.8, 4) is 5.75 Å². The van der Waals surface area contributed by atoms with Crippen molar-refractivity contribution in [1.82, 2.24) is 10.3 Å². The number of aromatic nitrogens is 1. The van der Waals surface area contributed by atoms with Crippen LogP contribution >= 0.6 is 11.3 Å². The number of ether oxygens (including phenoxy) is 1. The van der Waals surface area contributed by atoms with E-state index in [4.69, 9.17) is 9.72 Å². The van der Waals surface area contributed by atoms with Crippen molar-refractivity contribution >= 4 is 11.3 Å². The number of thiazole rings is 1. The molecule has 0 aliphatic carbocycles. The molecule has 1 N–H and O–H groups in total. The summed E-state index contributed by atoms with van der Waals surface area (Å²) in [5.41, 5.74) is 2.58. The zero-order valence-electron chi connectivity index (χ0n) is 9.98. The van der Waals surface area contributed by atoms with Gasteiger partial charge in [0.2, 0.25) is 0 Å². The van der Waals surface area contributed by atoms with E-state index < -0.39 is 0 Å². The molecule has 0 amide bonds. The smallest absolute Gasteiger partial charge is 0.123 e. The average molecular weight is 258 g/mol. The Kier molecular flexibility index (Phi) is 2.38. The van der Waals surface area contributed by atoms with Crippen molar-refractivity contribution in [1.29, 1.82) is 0 Å². The van der Waals surface area contributed by atoms with Crippen LogP contribution in [-0.2, 0) is 13.0 Å². The highest BCUT2D eigenvalue weighted by Crippen LogP contribution is 2.40. The van der Waals surface area contributed by atoms with Gasteiger partial charge < -0.3 is 10.1 Å². The van der Waals surface area contributed by atoms with Gasteiger partial charge in [-0.15, -0.1) is 11.3 Å². The summed E-state index contributed by atoms with van der Waals surface area (Å²) in [5.74, 6) is 1.35. The molecule has 3 nitrogen and oxygen atoms in total. The van der Waals surface area contributed by atoms with Crippen molar-refractivity contribution in [2.75, 3.05) is 13.2 Å². The Balaban J connectivity index is 1.74. The van der Waals surface area contributed by atoms with Gasteiger partial charge in [0, 0.05) is 30.0 Å². The van der Waals surface area contributed by atoms with Gasteiger partial charge in [0.15, 0.2) is 0 Å². The third-order valence-corrected chi connectivity index (χ3v) is 4.83. The van der Waals surface area contributed by atoms with E-state index in [0.29, 0.717) is 5.92 Å². The summed E-state index contributed by atoms with van der Waals surface area (Å²) in [4.78, 5) is 6.23. The molecule has 1 atom stereocenters. The molecule has 0 saturated heterocycles. The molecule has 2 aromatic rings. The Morgan fingerprint density at radius 2 is 2.28 bits per heavy atom. The first-order chi connectivity index (χ1) is 8.92. The Hall–Kier alpha value is -1.39. The fourth-order valence-electron chi connectivity index (χ4n) is 2.66. The van der Waals surface area contributed by atoms with Crippen LogP contribution in [0.5, 0.6) is 5.75 Å². The lowest BCUT2D eigenvalue weighted by Gasteiger charge is -2.09. The van der Waals surface area contributed by atoms with Gasteiger partial charge >= 0.3 is 0 Å². The summed E-state index contributed by atoms with van der Waals surface area (Å²) >= 11 is 1.84. The van der Waals surface area contributed by atoms with Crippen LogP contribution in [0.15, 0.2) is 24.3 Å². The summed E-state index contributed by atoms with van der Waals surface area (Å²) in [6.45, 7) is 2.76. The predicted octanol–water partition coefficient (Wildman–Crippen LogP) is 2.31. The lowest BCUT2D eigenvalue weighted by Crippen LogP contribution is -2.22. The van der Waals surface area contributed by atoms with E-state index in [0.717, 1.165) is 31.9 Å². The maximum atomic E-state index is 5.75. The number of hydrogen-bond acceptors (Lipinski definition) is 4. The van der Waals surface area contributed by atoms with Gasteiger partial charge in [-0.1, -0.05) is 18.2 Å².